The lowest BCUT2D eigenvalue weighted by Crippen LogP contribution is -2.63. The van der Waals surface area contributed by atoms with Gasteiger partial charge in [-0.1, -0.05) is 60.7 Å². The van der Waals surface area contributed by atoms with Gasteiger partial charge >= 0.3 is 35.4 Å². The molecule has 0 saturated carbocycles. The standard InChI is InChI=1S/C32H30N6O12/c1-19(39)49-17-35-29(41)33-15-23-24(28(48-4)26(38(45)46)25(37(43)44)27(23)47-3)16-34-30(42)36(18-50-20(2)40)32(35,22-13-9-6-10-14-22)31(33,34)21-11-7-5-8-12-21/h5-14H,15-18H2,1-4H3. The van der Waals surface area contributed by atoms with Crippen molar-refractivity contribution in [3.63, 3.8) is 0 Å². The lowest BCUT2D eigenvalue weighted by atomic mass is 9.80. The highest BCUT2D eigenvalue weighted by molar-refractivity contribution is 5.91. The van der Waals surface area contributed by atoms with Gasteiger partial charge in [-0.05, 0) is 0 Å². The SMILES string of the molecule is COc1c2c(c(OC)c([N+](=O)[O-])c1[N+](=O)[O-])CN1C(=O)N(COC(C)=O)C3(c4ccccc4)N(COC(C)=O)C(=O)N(C2)C13c1ccccc1. The number of ether oxygens (including phenoxy) is 4. The number of esters is 2. The summed E-state index contributed by atoms with van der Waals surface area (Å²) in [5.41, 5.74) is -5.30. The summed E-state index contributed by atoms with van der Waals surface area (Å²) >= 11 is 0. The zero-order valence-corrected chi connectivity index (χ0v) is 27.2. The Balaban J connectivity index is 1.80. The molecule has 0 N–H and O–H groups in total. The van der Waals surface area contributed by atoms with Gasteiger partial charge in [-0.25, -0.2) is 9.59 Å². The van der Waals surface area contributed by atoms with Crippen LogP contribution in [-0.4, -0.2) is 81.1 Å². The van der Waals surface area contributed by atoms with Gasteiger partial charge in [-0.15, -0.1) is 0 Å². The molecule has 0 radical (unpaired) electrons. The molecule has 2 saturated heterocycles. The molecule has 18 heteroatoms. The second-order valence-electron chi connectivity index (χ2n) is 11.4. The number of methoxy groups -OCH3 is 2. The molecule has 3 aromatic carbocycles. The summed E-state index contributed by atoms with van der Waals surface area (Å²) in [6, 6.07) is 15.1. The number of benzene rings is 3. The zero-order chi connectivity index (χ0) is 36.1. The van der Waals surface area contributed by atoms with E-state index in [9.17, 15) is 29.8 Å². The Kier molecular flexibility index (Phi) is 8.17. The Hall–Kier alpha value is -6.46. The van der Waals surface area contributed by atoms with Crippen molar-refractivity contribution in [3.05, 3.63) is 103 Å². The minimum atomic E-state index is -1.98. The summed E-state index contributed by atoms with van der Waals surface area (Å²) in [5.74, 6) is -2.51. The Morgan fingerprint density at radius 3 is 1.36 bits per heavy atom. The number of hydrogen-bond acceptors (Lipinski definition) is 12. The van der Waals surface area contributed by atoms with Crippen LogP contribution in [0, 0.1) is 20.2 Å². The maximum atomic E-state index is 15.1. The normalized spacial score (nSPS) is 20.6. The molecule has 3 aliphatic rings. The Bertz CT molecular complexity index is 1850. The van der Waals surface area contributed by atoms with E-state index < -0.39 is 94.6 Å². The van der Waals surface area contributed by atoms with Crippen molar-refractivity contribution in [2.45, 2.75) is 38.3 Å². The maximum Gasteiger partial charge on any atom is 0.391 e. The van der Waals surface area contributed by atoms with Gasteiger partial charge in [0.2, 0.25) is 11.5 Å². The first-order valence-electron chi connectivity index (χ1n) is 15.0. The number of carbonyl (C=O) groups is 4. The van der Waals surface area contributed by atoms with Gasteiger partial charge in [-0.3, -0.25) is 49.4 Å². The van der Waals surface area contributed by atoms with Crippen molar-refractivity contribution in [1.29, 1.82) is 0 Å². The van der Waals surface area contributed by atoms with E-state index in [0.29, 0.717) is 11.1 Å². The number of nitro benzene ring substituents is 2. The third kappa shape index (κ3) is 4.40. The molecule has 0 aromatic heterocycles. The highest BCUT2D eigenvalue weighted by Crippen LogP contribution is 2.65. The minimum absolute atomic E-state index is 0.0321. The van der Waals surface area contributed by atoms with Crippen LogP contribution >= 0.6 is 0 Å². The summed E-state index contributed by atoms with van der Waals surface area (Å²) in [6.07, 6.45) is 0. The fourth-order valence-corrected chi connectivity index (χ4v) is 7.43. The number of rotatable bonds is 10. The Labute approximate surface area is 283 Å². The molecule has 3 aromatic rings. The fourth-order valence-electron chi connectivity index (χ4n) is 7.43. The van der Waals surface area contributed by atoms with Crippen molar-refractivity contribution in [2.75, 3.05) is 27.7 Å². The summed E-state index contributed by atoms with van der Waals surface area (Å²) < 4.78 is 21.8. The first kappa shape index (κ1) is 33.4. The summed E-state index contributed by atoms with van der Waals surface area (Å²) in [6.45, 7) is -0.110. The number of carbonyl (C=O) groups excluding carboxylic acids is 4. The summed E-state index contributed by atoms with van der Waals surface area (Å²) in [4.78, 5) is 82.4. The topological polar surface area (TPSA) is 204 Å². The van der Waals surface area contributed by atoms with Crippen LogP contribution in [0.5, 0.6) is 11.5 Å². The molecule has 4 amide bonds. The van der Waals surface area contributed by atoms with Crippen LogP contribution < -0.4 is 9.47 Å². The Morgan fingerprint density at radius 2 is 1.04 bits per heavy atom. The lowest BCUT2D eigenvalue weighted by Gasteiger charge is -2.49. The van der Waals surface area contributed by atoms with Crippen molar-refractivity contribution >= 4 is 35.4 Å². The average Bonchev–Trinajstić information content (AvgIpc) is 3.33. The van der Waals surface area contributed by atoms with Gasteiger partial charge in [0, 0.05) is 36.1 Å². The molecule has 0 atom stereocenters. The number of nitrogens with zero attached hydrogens (tertiary/aromatic N) is 6. The van der Waals surface area contributed by atoms with Crippen molar-refractivity contribution < 1.29 is 48.0 Å². The molecule has 0 unspecified atom stereocenters. The molecule has 260 valence electrons. The largest absolute Gasteiger partial charge is 0.490 e. The molecule has 6 rings (SSSR count). The van der Waals surface area contributed by atoms with Gasteiger partial charge in [-0.2, -0.15) is 0 Å². The Morgan fingerprint density at radius 1 is 0.680 bits per heavy atom. The van der Waals surface area contributed by atoms with E-state index in [-0.39, 0.29) is 11.1 Å². The molecule has 3 aliphatic heterocycles. The monoisotopic (exact) mass is 690 g/mol. The second kappa shape index (κ2) is 12.2. The molecular formula is C32H30N6O12. The van der Waals surface area contributed by atoms with Crippen LogP contribution in [-0.2, 0) is 43.5 Å². The van der Waals surface area contributed by atoms with E-state index in [2.05, 4.69) is 0 Å². The van der Waals surface area contributed by atoms with Gasteiger partial charge in [0.05, 0.1) is 37.2 Å². The van der Waals surface area contributed by atoms with Crippen LogP contribution in [0.3, 0.4) is 0 Å². The molecule has 0 aliphatic carbocycles. The van der Waals surface area contributed by atoms with Crippen molar-refractivity contribution in [2.24, 2.45) is 0 Å². The predicted molar refractivity (Wildman–Crippen MR) is 168 cm³/mol. The van der Waals surface area contributed by atoms with Gasteiger partial charge < -0.3 is 18.9 Å². The highest BCUT2D eigenvalue weighted by atomic mass is 16.6. The predicted octanol–water partition coefficient (Wildman–Crippen LogP) is 3.76. The second-order valence-corrected chi connectivity index (χ2v) is 11.4. The first-order valence-corrected chi connectivity index (χ1v) is 15.0. The number of fused-ring (bicyclic) bond motifs is 1. The number of nitro groups is 2. The van der Waals surface area contributed by atoms with Crippen molar-refractivity contribution in [1.82, 2.24) is 19.6 Å². The first-order chi connectivity index (χ1) is 23.9. The van der Waals surface area contributed by atoms with Crippen LogP contribution in [0.15, 0.2) is 60.7 Å². The fraction of sp³-hybridized carbons (Fsp3) is 0.312. The average molecular weight is 691 g/mol. The number of amides is 4. The molecule has 3 heterocycles. The summed E-state index contributed by atoms with van der Waals surface area (Å²) in [5, 5.41) is 24.8. The molecule has 0 spiro atoms. The lowest BCUT2D eigenvalue weighted by molar-refractivity contribution is -0.423. The van der Waals surface area contributed by atoms with Crippen LogP contribution in [0.1, 0.15) is 36.1 Å². The van der Waals surface area contributed by atoms with Gasteiger partial charge in [0.25, 0.3) is 0 Å². The van der Waals surface area contributed by atoms with E-state index in [1.807, 2.05) is 0 Å². The molecule has 18 nitrogen and oxygen atoms in total. The third-order valence-electron chi connectivity index (χ3n) is 9.09. The smallest absolute Gasteiger partial charge is 0.391 e. The quantitative estimate of drug-likeness (QED) is 0.169. The molecular weight excluding hydrogens is 660 g/mol. The van der Waals surface area contributed by atoms with E-state index in [4.69, 9.17) is 18.9 Å². The van der Waals surface area contributed by atoms with E-state index >= 15 is 9.59 Å². The van der Waals surface area contributed by atoms with Crippen molar-refractivity contribution in [3.8, 4) is 11.5 Å². The van der Waals surface area contributed by atoms with E-state index in [1.54, 1.807) is 60.7 Å². The third-order valence-corrected chi connectivity index (χ3v) is 9.09. The molecule has 2 fully saturated rings. The van der Waals surface area contributed by atoms with E-state index in [0.717, 1.165) is 37.9 Å². The van der Waals surface area contributed by atoms with Gasteiger partial charge in [0.1, 0.15) is 0 Å². The highest BCUT2D eigenvalue weighted by Gasteiger charge is 2.81. The van der Waals surface area contributed by atoms with E-state index in [1.165, 1.54) is 9.80 Å². The molecule has 0 bridgehead atoms. The van der Waals surface area contributed by atoms with Crippen LogP contribution in [0.2, 0.25) is 0 Å². The summed E-state index contributed by atoms with van der Waals surface area (Å²) in [7, 11) is 2.19. The maximum absolute atomic E-state index is 15.1. The number of urea groups is 2. The minimum Gasteiger partial charge on any atom is -0.490 e. The van der Waals surface area contributed by atoms with Crippen LogP contribution in [0.25, 0.3) is 0 Å². The zero-order valence-electron chi connectivity index (χ0n) is 27.2. The molecule has 50 heavy (non-hydrogen) atoms. The van der Waals surface area contributed by atoms with Crippen LogP contribution in [0.4, 0.5) is 21.0 Å². The van der Waals surface area contributed by atoms with Gasteiger partial charge in [0.15, 0.2) is 24.8 Å². The number of hydrogen-bond donors (Lipinski definition) is 0.